The van der Waals surface area contributed by atoms with Gasteiger partial charge in [-0.05, 0) is 51.5 Å². The van der Waals surface area contributed by atoms with E-state index in [2.05, 4.69) is 27.2 Å². The molecule has 132 valence electrons. The number of benzene rings is 1. The number of amides is 1. The predicted molar refractivity (Wildman–Crippen MR) is 95.8 cm³/mol. The van der Waals surface area contributed by atoms with Crippen LogP contribution in [0, 0.1) is 11.8 Å². The first kappa shape index (κ1) is 18.7. The van der Waals surface area contributed by atoms with Crippen molar-refractivity contribution in [2.75, 3.05) is 0 Å². The van der Waals surface area contributed by atoms with E-state index < -0.39 is 5.60 Å². The van der Waals surface area contributed by atoms with E-state index in [1.807, 2.05) is 13.8 Å². The highest BCUT2D eigenvalue weighted by Crippen LogP contribution is 2.15. The van der Waals surface area contributed by atoms with Gasteiger partial charge in [0.1, 0.15) is 17.8 Å². The van der Waals surface area contributed by atoms with E-state index in [0.29, 0.717) is 12.1 Å². The number of aryl methyl sites for hydroxylation is 1. The maximum Gasteiger partial charge on any atom is 0.251 e. The second kappa shape index (κ2) is 7.95. The zero-order valence-electron chi connectivity index (χ0n) is 15.1. The van der Waals surface area contributed by atoms with Crippen molar-refractivity contribution >= 4 is 5.91 Å². The van der Waals surface area contributed by atoms with E-state index in [-0.39, 0.29) is 11.9 Å². The Morgan fingerprint density at radius 1 is 1.32 bits per heavy atom. The van der Waals surface area contributed by atoms with Crippen LogP contribution in [0.15, 0.2) is 30.6 Å². The second-order valence-corrected chi connectivity index (χ2v) is 6.25. The van der Waals surface area contributed by atoms with Gasteiger partial charge in [-0.2, -0.15) is 5.10 Å². The average molecular weight is 340 g/mol. The highest BCUT2D eigenvalue weighted by atomic mass is 16.3. The zero-order chi connectivity index (χ0) is 18.4. The lowest BCUT2D eigenvalue weighted by molar-refractivity contribution is 0.0932. The Balaban J connectivity index is 2.10. The van der Waals surface area contributed by atoms with Crippen LogP contribution < -0.4 is 5.32 Å². The van der Waals surface area contributed by atoms with Crippen molar-refractivity contribution in [3.05, 3.63) is 47.5 Å². The fourth-order valence-corrected chi connectivity index (χ4v) is 2.31. The van der Waals surface area contributed by atoms with E-state index >= 15 is 0 Å². The maximum absolute atomic E-state index is 12.5. The Morgan fingerprint density at radius 3 is 2.56 bits per heavy atom. The first-order chi connectivity index (χ1) is 11.8. The number of aliphatic hydroxyl groups is 1. The van der Waals surface area contributed by atoms with Crippen LogP contribution in [-0.4, -0.2) is 31.4 Å². The number of carbonyl (C=O) groups is 1. The summed E-state index contributed by atoms with van der Waals surface area (Å²) in [5, 5.41) is 16.8. The van der Waals surface area contributed by atoms with Gasteiger partial charge >= 0.3 is 0 Å². The molecule has 6 heteroatoms. The van der Waals surface area contributed by atoms with Crippen molar-refractivity contribution in [3.63, 3.8) is 0 Å². The van der Waals surface area contributed by atoms with Crippen LogP contribution in [0.25, 0.3) is 0 Å². The molecule has 0 radical (unpaired) electrons. The smallest absolute Gasteiger partial charge is 0.251 e. The third-order valence-corrected chi connectivity index (χ3v) is 3.63. The molecule has 1 aromatic heterocycles. The van der Waals surface area contributed by atoms with Gasteiger partial charge in [-0.3, -0.25) is 4.79 Å². The summed E-state index contributed by atoms with van der Waals surface area (Å²) in [6.45, 7) is 7.94. The summed E-state index contributed by atoms with van der Waals surface area (Å²) < 4.78 is 1.78. The van der Waals surface area contributed by atoms with Gasteiger partial charge in [0, 0.05) is 17.7 Å². The SMILES string of the molecule is CC[C@@H](NC(=O)c1ccc(C#CC(C)(C)O)cc1)c1ncnn1CC. The number of nitrogens with one attached hydrogen (secondary N) is 1. The van der Waals surface area contributed by atoms with E-state index in [0.717, 1.165) is 17.8 Å². The summed E-state index contributed by atoms with van der Waals surface area (Å²) >= 11 is 0. The standard InChI is InChI=1S/C19H24N4O2/c1-5-16(17-20-13-21-23(17)6-2)22-18(24)15-9-7-14(8-10-15)11-12-19(3,4)25/h7-10,13,16,25H,5-6H2,1-4H3,(H,22,24)/t16-/m1/s1. The molecule has 0 aliphatic heterocycles. The van der Waals surface area contributed by atoms with E-state index in [1.165, 1.54) is 6.33 Å². The first-order valence-corrected chi connectivity index (χ1v) is 8.38. The molecular weight excluding hydrogens is 316 g/mol. The highest BCUT2D eigenvalue weighted by Gasteiger charge is 2.18. The van der Waals surface area contributed by atoms with Gasteiger partial charge in [0.05, 0.1) is 6.04 Å². The van der Waals surface area contributed by atoms with Crippen LogP contribution in [0.4, 0.5) is 0 Å². The maximum atomic E-state index is 12.5. The molecule has 0 bridgehead atoms. The van der Waals surface area contributed by atoms with Crippen LogP contribution in [0.5, 0.6) is 0 Å². The third-order valence-electron chi connectivity index (χ3n) is 3.63. The number of hydrogen-bond acceptors (Lipinski definition) is 4. The Morgan fingerprint density at radius 2 is 2.00 bits per heavy atom. The number of hydrogen-bond donors (Lipinski definition) is 2. The molecule has 0 saturated carbocycles. The molecule has 2 aromatic rings. The van der Waals surface area contributed by atoms with Crippen LogP contribution in [-0.2, 0) is 6.54 Å². The van der Waals surface area contributed by atoms with Gasteiger partial charge in [0.2, 0.25) is 0 Å². The van der Waals surface area contributed by atoms with Gasteiger partial charge in [-0.25, -0.2) is 9.67 Å². The predicted octanol–water partition coefficient (Wildman–Crippen LogP) is 2.30. The molecule has 1 aromatic carbocycles. The molecule has 2 rings (SSSR count). The highest BCUT2D eigenvalue weighted by molar-refractivity contribution is 5.94. The second-order valence-electron chi connectivity index (χ2n) is 6.25. The summed E-state index contributed by atoms with van der Waals surface area (Å²) in [6, 6.07) is 6.79. The number of rotatable bonds is 5. The summed E-state index contributed by atoms with van der Waals surface area (Å²) in [4.78, 5) is 16.8. The van der Waals surface area contributed by atoms with Crippen molar-refractivity contribution in [1.82, 2.24) is 20.1 Å². The van der Waals surface area contributed by atoms with E-state index in [1.54, 1.807) is 42.8 Å². The molecule has 1 heterocycles. The first-order valence-electron chi connectivity index (χ1n) is 8.38. The van der Waals surface area contributed by atoms with E-state index in [9.17, 15) is 9.90 Å². The minimum absolute atomic E-state index is 0.167. The van der Waals surface area contributed by atoms with Gasteiger partial charge in [0.15, 0.2) is 0 Å². The number of aromatic nitrogens is 3. The summed E-state index contributed by atoms with van der Waals surface area (Å²) in [7, 11) is 0. The molecule has 6 nitrogen and oxygen atoms in total. The normalized spacial score (nSPS) is 12.2. The third kappa shape index (κ3) is 5.16. The fourth-order valence-electron chi connectivity index (χ4n) is 2.31. The quantitative estimate of drug-likeness (QED) is 0.819. The molecular formula is C19H24N4O2. The Labute approximate surface area is 148 Å². The van der Waals surface area contributed by atoms with Gasteiger partial charge in [-0.1, -0.05) is 18.8 Å². The van der Waals surface area contributed by atoms with Crippen LogP contribution >= 0.6 is 0 Å². The van der Waals surface area contributed by atoms with Crippen molar-refractivity contribution < 1.29 is 9.90 Å². The van der Waals surface area contributed by atoms with Crippen LogP contribution in [0.3, 0.4) is 0 Å². The molecule has 25 heavy (non-hydrogen) atoms. The number of nitrogens with zero attached hydrogens (tertiary/aromatic N) is 3. The molecule has 0 aliphatic rings. The largest absolute Gasteiger partial charge is 0.378 e. The lowest BCUT2D eigenvalue weighted by Crippen LogP contribution is -2.30. The molecule has 2 N–H and O–H groups in total. The Kier molecular flexibility index (Phi) is 5.94. The lowest BCUT2D eigenvalue weighted by atomic mass is 10.1. The summed E-state index contributed by atoms with van der Waals surface area (Å²) in [5.74, 6) is 6.22. The van der Waals surface area contributed by atoms with Gasteiger partial charge < -0.3 is 10.4 Å². The zero-order valence-corrected chi connectivity index (χ0v) is 15.1. The minimum atomic E-state index is -1.04. The summed E-state index contributed by atoms with van der Waals surface area (Å²) in [6.07, 6.45) is 2.23. The van der Waals surface area contributed by atoms with Crippen molar-refractivity contribution in [1.29, 1.82) is 0 Å². The molecule has 0 unspecified atom stereocenters. The van der Waals surface area contributed by atoms with Crippen molar-refractivity contribution in [2.24, 2.45) is 0 Å². The molecule has 0 fully saturated rings. The molecule has 1 amide bonds. The van der Waals surface area contributed by atoms with Crippen LogP contribution in [0.2, 0.25) is 0 Å². The summed E-state index contributed by atoms with van der Waals surface area (Å²) in [5.41, 5.74) is 0.255. The minimum Gasteiger partial charge on any atom is -0.378 e. The monoisotopic (exact) mass is 340 g/mol. The van der Waals surface area contributed by atoms with Gasteiger partial charge in [0.25, 0.3) is 5.91 Å². The molecule has 0 spiro atoms. The van der Waals surface area contributed by atoms with Gasteiger partial charge in [-0.15, -0.1) is 0 Å². The molecule has 0 saturated heterocycles. The Hall–Kier alpha value is -2.65. The average Bonchev–Trinajstić information content (AvgIpc) is 3.06. The van der Waals surface area contributed by atoms with Crippen molar-refractivity contribution in [3.8, 4) is 11.8 Å². The molecule has 1 atom stereocenters. The van der Waals surface area contributed by atoms with E-state index in [4.69, 9.17) is 0 Å². The van der Waals surface area contributed by atoms with Crippen molar-refractivity contribution in [2.45, 2.75) is 52.3 Å². The topological polar surface area (TPSA) is 80.0 Å². The fraction of sp³-hybridized carbons (Fsp3) is 0.421. The van der Waals surface area contributed by atoms with Crippen LogP contribution in [0.1, 0.15) is 61.9 Å². The Bertz CT molecular complexity index is 776. The number of carbonyl (C=O) groups excluding carboxylic acids is 1. The lowest BCUT2D eigenvalue weighted by Gasteiger charge is -2.17. The molecule has 0 aliphatic carbocycles.